The summed E-state index contributed by atoms with van der Waals surface area (Å²) in [6.07, 6.45) is 3.02. The van der Waals surface area contributed by atoms with Gasteiger partial charge < -0.3 is 5.32 Å². The molecule has 2 aromatic rings. The first-order valence-electron chi connectivity index (χ1n) is 6.03. The Balaban J connectivity index is 1.75. The summed E-state index contributed by atoms with van der Waals surface area (Å²) >= 11 is 0. The zero-order valence-electron chi connectivity index (χ0n) is 10.5. The fourth-order valence-electron chi connectivity index (χ4n) is 1.75. The highest BCUT2D eigenvalue weighted by atomic mass is 16.1. The van der Waals surface area contributed by atoms with Gasteiger partial charge >= 0.3 is 0 Å². The highest BCUT2D eigenvalue weighted by Gasteiger charge is 2.03. The van der Waals surface area contributed by atoms with Gasteiger partial charge in [0.1, 0.15) is 0 Å². The largest absolute Gasteiger partial charge is 0.350 e. The lowest BCUT2D eigenvalue weighted by Gasteiger charge is -2.05. The molecule has 0 saturated heterocycles. The highest BCUT2D eigenvalue weighted by Crippen LogP contribution is 2.02. The quantitative estimate of drug-likeness (QED) is 0.868. The lowest BCUT2D eigenvalue weighted by molar-refractivity contribution is -0.121. The van der Waals surface area contributed by atoms with Gasteiger partial charge in [-0.3, -0.25) is 9.48 Å². The fraction of sp³-hybridized carbons (Fsp3) is 0.286. The predicted molar refractivity (Wildman–Crippen MR) is 69.8 cm³/mol. The van der Waals surface area contributed by atoms with Crippen LogP contribution in [0, 0.1) is 0 Å². The zero-order valence-corrected chi connectivity index (χ0v) is 10.5. The average molecular weight is 243 g/mol. The van der Waals surface area contributed by atoms with Crippen molar-refractivity contribution in [3.05, 3.63) is 53.9 Å². The van der Waals surface area contributed by atoms with Crippen LogP contribution >= 0.6 is 0 Å². The van der Waals surface area contributed by atoms with Crippen LogP contribution in [0.3, 0.4) is 0 Å². The number of carbonyl (C=O) groups is 1. The predicted octanol–water partition coefficient (Wildman–Crippen LogP) is 1.67. The molecule has 1 aromatic carbocycles. The van der Waals surface area contributed by atoms with Crippen molar-refractivity contribution in [1.82, 2.24) is 15.1 Å². The third kappa shape index (κ3) is 3.45. The molecule has 0 saturated carbocycles. The van der Waals surface area contributed by atoms with Gasteiger partial charge in [-0.25, -0.2) is 0 Å². The third-order valence-electron chi connectivity index (χ3n) is 2.87. The van der Waals surface area contributed by atoms with E-state index in [2.05, 4.69) is 10.4 Å². The van der Waals surface area contributed by atoms with Gasteiger partial charge in [0.25, 0.3) is 0 Å². The van der Waals surface area contributed by atoms with E-state index in [9.17, 15) is 4.79 Å². The van der Waals surface area contributed by atoms with Crippen LogP contribution in [0.4, 0.5) is 0 Å². The minimum atomic E-state index is 0.0695. The number of benzene rings is 1. The van der Waals surface area contributed by atoms with Crippen LogP contribution in [-0.2, 0) is 24.8 Å². The summed E-state index contributed by atoms with van der Waals surface area (Å²) < 4.78 is 1.76. The van der Waals surface area contributed by atoms with E-state index in [1.54, 1.807) is 10.9 Å². The fourth-order valence-corrected chi connectivity index (χ4v) is 1.75. The van der Waals surface area contributed by atoms with Crippen LogP contribution < -0.4 is 5.32 Å². The minimum Gasteiger partial charge on any atom is -0.350 e. The van der Waals surface area contributed by atoms with Gasteiger partial charge in [-0.1, -0.05) is 30.3 Å². The Hall–Kier alpha value is -2.10. The SMILES string of the molecule is Cn1nccc1CNC(=O)CCc1ccccc1. The van der Waals surface area contributed by atoms with Gasteiger partial charge in [0, 0.05) is 19.7 Å². The molecule has 0 unspecified atom stereocenters. The number of hydrogen-bond donors (Lipinski definition) is 1. The first-order chi connectivity index (χ1) is 8.75. The molecular formula is C14H17N3O. The van der Waals surface area contributed by atoms with Crippen LogP contribution in [0.5, 0.6) is 0 Å². The number of amides is 1. The Labute approximate surface area is 107 Å². The summed E-state index contributed by atoms with van der Waals surface area (Å²) in [4.78, 5) is 11.7. The van der Waals surface area contributed by atoms with Crippen molar-refractivity contribution >= 4 is 5.91 Å². The molecule has 0 aliphatic heterocycles. The lowest BCUT2D eigenvalue weighted by atomic mass is 10.1. The molecule has 0 radical (unpaired) electrons. The van der Waals surface area contributed by atoms with Crippen LogP contribution in [-0.4, -0.2) is 15.7 Å². The molecular weight excluding hydrogens is 226 g/mol. The second-order valence-electron chi connectivity index (χ2n) is 4.21. The summed E-state index contributed by atoms with van der Waals surface area (Å²) in [6, 6.07) is 11.9. The molecule has 2 rings (SSSR count). The molecule has 0 aliphatic carbocycles. The molecule has 18 heavy (non-hydrogen) atoms. The molecule has 1 N–H and O–H groups in total. The van der Waals surface area contributed by atoms with Crippen LogP contribution in [0.25, 0.3) is 0 Å². The number of carbonyl (C=O) groups excluding carboxylic acids is 1. The van der Waals surface area contributed by atoms with Gasteiger partial charge in [0.2, 0.25) is 5.91 Å². The lowest BCUT2D eigenvalue weighted by Crippen LogP contribution is -2.24. The molecule has 1 heterocycles. The van der Waals surface area contributed by atoms with E-state index >= 15 is 0 Å². The van der Waals surface area contributed by atoms with Gasteiger partial charge in [-0.2, -0.15) is 5.10 Å². The number of aryl methyl sites for hydroxylation is 2. The van der Waals surface area contributed by atoms with Crippen molar-refractivity contribution in [1.29, 1.82) is 0 Å². The summed E-state index contributed by atoms with van der Waals surface area (Å²) in [5, 5.41) is 6.95. The van der Waals surface area contributed by atoms with Crippen molar-refractivity contribution in [3.63, 3.8) is 0 Å². The average Bonchev–Trinajstić information content (AvgIpc) is 2.81. The number of nitrogens with zero attached hydrogens (tertiary/aromatic N) is 2. The number of nitrogens with one attached hydrogen (secondary N) is 1. The Morgan fingerprint density at radius 3 is 2.72 bits per heavy atom. The van der Waals surface area contributed by atoms with E-state index in [0.717, 1.165) is 12.1 Å². The maximum Gasteiger partial charge on any atom is 0.220 e. The van der Waals surface area contributed by atoms with E-state index in [1.165, 1.54) is 5.56 Å². The Kier molecular flexibility index (Phi) is 4.12. The Bertz CT molecular complexity index is 505. The molecule has 0 fully saturated rings. The highest BCUT2D eigenvalue weighted by molar-refractivity contribution is 5.76. The monoisotopic (exact) mass is 243 g/mol. The molecule has 0 bridgehead atoms. The van der Waals surface area contributed by atoms with Crippen molar-refractivity contribution < 1.29 is 4.79 Å². The van der Waals surface area contributed by atoms with Gasteiger partial charge in [-0.05, 0) is 18.1 Å². The standard InChI is InChI=1S/C14H17N3O/c1-17-13(9-10-16-17)11-15-14(18)8-7-12-5-3-2-4-6-12/h2-6,9-10H,7-8,11H2,1H3,(H,15,18). The van der Waals surface area contributed by atoms with Crippen LogP contribution in [0.15, 0.2) is 42.6 Å². The van der Waals surface area contributed by atoms with Gasteiger partial charge in [-0.15, -0.1) is 0 Å². The summed E-state index contributed by atoms with van der Waals surface area (Å²) in [7, 11) is 1.87. The summed E-state index contributed by atoms with van der Waals surface area (Å²) in [5.41, 5.74) is 2.19. The maximum absolute atomic E-state index is 11.7. The second-order valence-corrected chi connectivity index (χ2v) is 4.21. The zero-order chi connectivity index (χ0) is 12.8. The molecule has 4 heteroatoms. The van der Waals surface area contributed by atoms with E-state index in [1.807, 2.05) is 43.4 Å². The molecule has 0 spiro atoms. The van der Waals surface area contributed by atoms with Crippen molar-refractivity contribution in [3.8, 4) is 0 Å². The van der Waals surface area contributed by atoms with E-state index < -0.39 is 0 Å². The first kappa shape index (κ1) is 12.4. The van der Waals surface area contributed by atoms with Crippen LogP contribution in [0.2, 0.25) is 0 Å². The molecule has 0 atom stereocenters. The molecule has 1 aromatic heterocycles. The molecule has 1 amide bonds. The number of aromatic nitrogens is 2. The number of hydrogen-bond acceptors (Lipinski definition) is 2. The topological polar surface area (TPSA) is 46.9 Å². The normalized spacial score (nSPS) is 10.3. The van der Waals surface area contributed by atoms with E-state index in [4.69, 9.17) is 0 Å². The summed E-state index contributed by atoms with van der Waals surface area (Å²) in [6.45, 7) is 0.532. The third-order valence-corrected chi connectivity index (χ3v) is 2.87. The van der Waals surface area contributed by atoms with Gasteiger partial charge in [0.05, 0.1) is 12.2 Å². The smallest absolute Gasteiger partial charge is 0.220 e. The summed E-state index contributed by atoms with van der Waals surface area (Å²) in [5.74, 6) is 0.0695. The van der Waals surface area contributed by atoms with Crippen molar-refractivity contribution in [2.45, 2.75) is 19.4 Å². The molecule has 4 nitrogen and oxygen atoms in total. The molecule has 94 valence electrons. The van der Waals surface area contributed by atoms with Crippen molar-refractivity contribution in [2.75, 3.05) is 0 Å². The van der Waals surface area contributed by atoms with Crippen LogP contribution in [0.1, 0.15) is 17.7 Å². The van der Waals surface area contributed by atoms with Gasteiger partial charge in [0.15, 0.2) is 0 Å². The second kappa shape index (κ2) is 6.00. The van der Waals surface area contributed by atoms with Crippen molar-refractivity contribution in [2.24, 2.45) is 7.05 Å². The Morgan fingerprint density at radius 2 is 2.06 bits per heavy atom. The van der Waals surface area contributed by atoms with E-state index in [-0.39, 0.29) is 5.91 Å². The molecule has 0 aliphatic rings. The number of rotatable bonds is 5. The minimum absolute atomic E-state index is 0.0695. The van der Waals surface area contributed by atoms with E-state index in [0.29, 0.717) is 13.0 Å². The Morgan fingerprint density at radius 1 is 1.28 bits per heavy atom. The maximum atomic E-state index is 11.7. The first-order valence-corrected chi connectivity index (χ1v) is 6.03.